The van der Waals surface area contributed by atoms with Crippen LogP contribution in [-0.4, -0.2) is 35.7 Å². The van der Waals surface area contributed by atoms with Gasteiger partial charge in [-0.2, -0.15) is 0 Å². The van der Waals surface area contributed by atoms with E-state index in [1.807, 2.05) is 37.3 Å². The van der Waals surface area contributed by atoms with Gasteiger partial charge in [-0.25, -0.2) is 4.79 Å². The molecule has 0 saturated heterocycles. The van der Waals surface area contributed by atoms with Crippen molar-refractivity contribution in [3.63, 3.8) is 0 Å². The van der Waals surface area contributed by atoms with E-state index in [4.69, 9.17) is 22.1 Å². The predicted octanol–water partition coefficient (Wildman–Crippen LogP) is 3.07. The number of methoxy groups -OCH3 is 1. The van der Waals surface area contributed by atoms with Crippen molar-refractivity contribution in [1.82, 2.24) is 9.55 Å². The van der Waals surface area contributed by atoms with Gasteiger partial charge in [0.05, 0.1) is 30.9 Å². The fraction of sp³-hybridized carbons (Fsp3) is 0.292. The molecular weight excluding hydrogens is 458 g/mol. The maximum Gasteiger partial charge on any atom is 0.330 e. The van der Waals surface area contributed by atoms with E-state index in [0.717, 1.165) is 12.0 Å². The van der Waals surface area contributed by atoms with Gasteiger partial charge >= 0.3 is 5.69 Å². The number of nitrogens with one attached hydrogen (secondary N) is 2. The van der Waals surface area contributed by atoms with Gasteiger partial charge in [-0.15, -0.1) is 0 Å². The number of nitrogen functional groups attached to an aromatic ring is 1. The van der Waals surface area contributed by atoms with E-state index in [1.165, 1.54) is 16.6 Å². The minimum absolute atomic E-state index is 0.0486. The van der Waals surface area contributed by atoms with Gasteiger partial charge in [0.2, 0.25) is 5.91 Å². The van der Waals surface area contributed by atoms with Gasteiger partial charge in [0.1, 0.15) is 11.6 Å². The number of amides is 1. The first-order valence-corrected chi connectivity index (χ1v) is 11.3. The first-order chi connectivity index (χ1) is 16.3. The summed E-state index contributed by atoms with van der Waals surface area (Å²) < 4.78 is 6.46. The summed E-state index contributed by atoms with van der Waals surface area (Å²) in [6.07, 6.45) is 1.43. The predicted molar refractivity (Wildman–Crippen MR) is 135 cm³/mol. The Bertz CT molecular complexity index is 1260. The van der Waals surface area contributed by atoms with Crippen molar-refractivity contribution >= 4 is 34.7 Å². The third-order valence-electron chi connectivity index (χ3n) is 5.31. The van der Waals surface area contributed by atoms with Gasteiger partial charge in [0.15, 0.2) is 5.69 Å². The minimum atomic E-state index is -0.712. The van der Waals surface area contributed by atoms with Crippen LogP contribution in [0.25, 0.3) is 0 Å². The van der Waals surface area contributed by atoms with Crippen molar-refractivity contribution < 1.29 is 9.53 Å². The molecule has 0 unspecified atom stereocenters. The molecule has 3 aromatic rings. The van der Waals surface area contributed by atoms with Crippen LogP contribution in [0.2, 0.25) is 5.02 Å². The van der Waals surface area contributed by atoms with Gasteiger partial charge < -0.3 is 20.7 Å². The van der Waals surface area contributed by atoms with E-state index in [1.54, 1.807) is 18.2 Å². The fourth-order valence-electron chi connectivity index (χ4n) is 3.47. The summed E-state index contributed by atoms with van der Waals surface area (Å²) in [7, 11) is 1.53. The molecule has 2 aromatic carbocycles. The van der Waals surface area contributed by atoms with Crippen LogP contribution in [0.1, 0.15) is 25.3 Å². The number of rotatable bonds is 10. The molecule has 0 radical (unpaired) electrons. The van der Waals surface area contributed by atoms with Crippen molar-refractivity contribution in [3.8, 4) is 5.75 Å². The zero-order chi connectivity index (χ0) is 24.7. The maximum atomic E-state index is 13.2. The summed E-state index contributed by atoms with van der Waals surface area (Å²) >= 11 is 6.23. The second-order valence-electron chi connectivity index (χ2n) is 7.66. The standard InChI is InChI=1S/C24H28ClN5O4/c1-3-4-12-29(20(31)14-27-19-13-17(34-2)10-11-18(19)25)21-22(26)30(24(33)28-23(21)32)15-16-8-6-5-7-9-16/h5-11,13,27H,3-4,12,14-15,26H2,1-2H3,(H,28,32,33). The highest BCUT2D eigenvalue weighted by atomic mass is 35.5. The van der Waals surface area contributed by atoms with Gasteiger partial charge in [-0.1, -0.05) is 55.3 Å². The molecule has 1 heterocycles. The SMILES string of the molecule is CCCCN(C(=O)CNc1cc(OC)ccc1Cl)c1c(N)n(Cc2ccccc2)c(=O)[nH]c1=O. The first kappa shape index (κ1) is 24.9. The number of anilines is 3. The average Bonchev–Trinajstić information content (AvgIpc) is 2.83. The molecule has 4 N–H and O–H groups in total. The van der Waals surface area contributed by atoms with Crippen molar-refractivity contribution in [2.75, 3.05) is 36.1 Å². The number of nitrogens with two attached hydrogens (primary N) is 1. The highest BCUT2D eigenvalue weighted by molar-refractivity contribution is 6.33. The number of nitrogens with zero attached hydrogens (tertiary/aromatic N) is 2. The lowest BCUT2D eigenvalue weighted by Gasteiger charge is -2.25. The Labute approximate surface area is 202 Å². The van der Waals surface area contributed by atoms with Crippen molar-refractivity contribution in [2.24, 2.45) is 0 Å². The van der Waals surface area contributed by atoms with Crippen LogP contribution < -0.4 is 31.9 Å². The van der Waals surface area contributed by atoms with E-state index in [9.17, 15) is 14.4 Å². The van der Waals surface area contributed by atoms with Gasteiger partial charge in [0.25, 0.3) is 5.56 Å². The quantitative estimate of drug-likeness (QED) is 0.405. The average molecular weight is 486 g/mol. The Kier molecular flexibility index (Phi) is 8.37. The van der Waals surface area contributed by atoms with Crippen LogP contribution in [0, 0.1) is 0 Å². The maximum absolute atomic E-state index is 13.2. The molecule has 10 heteroatoms. The molecule has 34 heavy (non-hydrogen) atoms. The molecular formula is C24H28ClN5O4. The topological polar surface area (TPSA) is 122 Å². The molecule has 0 spiro atoms. The molecule has 0 bridgehead atoms. The van der Waals surface area contributed by atoms with E-state index in [0.29, 0.717) is 22.9 Å². The monoisotopic (exact) mass is 485 g/mol. The Morgan fingerprint density at radius 1 is 1.21 bits per heavy atom. The molecule has 0 aliphatic rings. The van der Waals surface area contributed by atoms with Gasteiger partial charge in [-0.05, 0) is 24.1 Å². The number of carbonyl (C=O) groups is 1. The van der Waals surface area contributed by atoms with E-state index < -0.39 is 17.2 Å². The molecule has 1 amide bonds. The number of carbonyl (C=O) groups excluding carboxylic acids is 1. The van der Waals surface area contributed by atoms with Crippen molar-refractivity contribution in [3.05, 3.63) is 80.0 Å². The molecule has 0 aliphatic carbocycles. The summed E-state index contributed by atoms with van der Waals surface area (Å²) in [4.78, 5) is 42.2. The number of hydrogen-bond donors (Lipinski definition) is 3. The summed E-state index contributed by atoms with van der Waals surface area (Å²) in [5.74, 6) is 0.117. The second-order valence-corrected chi connectivity index (χ2v) is 8.07. The molecule has 9 nitrogen and oxygen atoms in total. The second kappa shape index (κ2) is 11.4. The van der Waals surface area contributed by atoms with Crippen molar-refractivity contribution in [1.29, 1.82) is 0 Å². The lowest BCUT2D eigenvalue weighted by molar-refractivity contribution is -0.117. The van der Waals surface area contributed by atoms with Crippen LogP contribution in [0.3, 0.4) is 0 Å². The number of H-pyrrole nitrogens is 1. The molecule has 0 saturated carbocycles. The lowest BCUT2D eigenvalue weighted by Crippen LogP contribution is -2.43. The molecule has 1 aromatic heterocycles. The Morgan fingerprint density at radius 2 is 1.94 bits per heavy atom. The third-order valence-corrected chi connectivity index (χ3v) is 5.64. The number of hydrogen-bond acceptors (Lipinski definition) is 6. The van der Waals surface area contributed by atoms with Crippen LogP contribution >= 0.6 is 11.6 Å². The van der Waals surface area contributed by atoms with E-state index in [-0.39, 0.29) is 31.1 Å². The lowest BCUT2D eigenvalue weighted by atomic mass is 10.2. The zero-order valence-corrected chi connectivity index (χ0v) is 19.9. The minimum Gasteiger partial charge on any atom is -0.497 e. The van der Waals surface area contributed by atoms with Crippen molar-refractivity contribution in [2.45, 2.75) is 26.3 Å². The molecule has 0 atom stereocenters. The Hall–Kier alpha value is -3.72. The largest absolute Gasteiger partial charge is 0.497 e. The zero-order valence-electron chi connectivity index (χ0n) is 19.1. The first-order valence-electron chi connectivity index (χ1n) is 10.9. The smallest absolute Gasteiger partial charge is 0.330 e. The Morgan fingerprint density at radius 3 is 2.62 bits per heavy atom. The normalized spacial score (nSPS) is 10.7. The highest BCUT2D eigenvalue weighted by Gasteiger charge is 2.24. The summed E-state index contributed by atoms with van der Waals surface area (Å²) in [6.45, 7) is 2.25. The van der Waals surface area contributed by atoms with Crippen LogP contribution in [0.15, 0.2) is 58.1 Å². The fourth-order valence-corrected chi connectivity index (χ4v) is 3.66. The van der Waals surface area contributed by atoms with Crippen LogP contribution in [-0.2, 0) is 11.3 Å². The molecule has 3 rings (SSSR count). The Balaban J connectivity index is 1.94. The van der Waals surface area contributed by atoms with E-state index >= 15 is 0 Å². The third kappa shape index (κ3) is 5.79. The molecule has 0 aliphatic heterocycles. The number of halogens is 1. The highest BCUT2D eigenvalue weighted by Crippen LogP contribution is 2.27. The number of unbranched alkanes of at least 4 members (excludes halogenated alkanes) is 1. The summed E-state index contributed by atoms with van der Waals surface area (Å²) in [5, 5.41) is 3.41. The number of aromatic nitrogens is 2. The van der Waals surface area contributed by atoms with Crippen LogP contribution in [0.4, 0.5) is 17.2 Å². The molecule has 180 valence electrons. The van der Waals surface area contributed by atoms with Gasteiger partial charge in [0, 0.05) is 12.6 Å². The van der Waals surface area contributed by atoms with Crippen LogP contribution in [0.5, 0.6) is 5.75 Å². The molecule has 0 fully saturated rings. The number of ether oxygens (including phenoxy) is 1. The number of aromatic amines is 1. The number of benzene rings is 2. The summed E-state index contributed by atoms with van der Waals surface area (Å²) in [6, 6.07) is 14.3. The summed E-state index contributed by atoms with van der Waals surface area (Å²) in [5.41, 5.74) is 6.25. The van der Waals surface area contributed by atoms with E-state index in [2.05, 4.69) is 10.3 Å². The van der Waals surface area contributed by atoms with Gasteiger partial charge in [-0.3, -0.25) is 19.1 Å².